The molecule has 1 aliphatic heterocycles. The quantitative estimate of drug-likeness (QED) is 0.785. The van der Waals surface area contributed by atoms with Crippen LogP contribution < -0.4 is 5.69 Å². The van der Waals surface area contributed by atoms with E-state index in [9.17, 15) is 9.59 Å². The number of hydrogen-bond acceptors (Lipinski definition) is 3. The Morgan fingerprint density at radius 3 is 2.88 bits per heavy atom. The SMILES string of the molecule is CCC(C)C(=O)Cn1nc2n(c1=O)CCCC2. The Kier molecular flexibility index (Phi) is 3.45. The summed E-state index contributed by atoms with van der Waals surface area (Å²) in [4.78, 5) is 23.8. The molecule has 0 bridgehead atoms. The summed E-state index contributed by atoms with van der Waals surface area (Å²) in [6.45, 7) is 4.73. The summed E-state index contributed by atoms with van der Waals surface area (Å²) in [6, 6.07) is 0. The summed E-state index contributed by atoms with van der Waals surface area (Å²) < 4.78 is 3.03. The topological polar surface area (TPSA) is 56.9 Å². The van der Waals surface area contributed by atoms with Crippen molar-refractivity contribution in [2.45, 2.75) is 52.6 Å². The molecule has 0 fully saturated rings. The third-order valence-electron chi connectivity index (χ3n) is 3.50. The first kappa shape index (κ1) is 12.1. The molecule has 0 aromatic carbocycles. The van der Waals surface area contributed by atoms with Crippen molar-refractivity contribution >= 4 is 5.78 Å². The lowest BCUT2D eigenvalue weighted by molar-refractivity contribution is -0.123. The molecule has 0 saturated carbocycles. The number of aryl methyl sites for hydroxylation is 1. The van der Waals surface area contributed by atoms with Crippen LogP contribution in [0.2, 0.25) is 0 Å². The maximum atomic E-state index is 12.0. The van der Waals surface area contributed by atoms with Gasteiger partial charge in [0.1, 0.15) is 12.4 Å². The van der Waals surface area contributed by atoms with E-state index in [1.165, 1.54) is 4.68 Å². The molecule has 0 saturated heterocycles. The van der Waals surface area contributed by atoms with Gasteiger partial charge in [0, 0.05) is 18.9 Å². The first-order valence-electron chi connectivity index (χ1n) is 6.32. The molecular weight excluding hydrogens is 218 g/mol. The van der Waals surface area contributed by atoms with Gasteiger partial charge in [0.2, 0.25) is 0 Å². The van der Waals surface area contributed by atoms with Gasteiger partial charge in [0.05, 0.1) is 0 Å². The molecule has 1 aliphatic rings. The molecule has 0 amide bonds. The van der Waals surface area contributed by atoms with Crippen LogP contribution in [0.1, 0.15) is 38.9 Å². The first-order chi connectivity index (χ1) is 8.13. The third kappa shape index (κ3) is 2.33. The molecule has 1 aromatic rings. The van der Waals surface area contributed by atoms with Crippen LogP contribution in [0.5, 0.6) is 0 Å². The average Bonchev–Trinajstić information content (AvgIpc) is 2.66. The molecule has 1 atom stereocenters. The van der Waals surface area contributed by atoms with Crippen molar-refractivity contribution in [2.24, 2.45) is 5.92 Å². The standard InChI is InChI=1S/C12H19N3O2/c1-3-9(2)10(16)8-15-12(17)14-7-5-4-6-11(14)13-15/h9H,3-8H2,1-2H3. The maximum absolute atomic E-state index is 12.0. The fourth-order valence-corrected chi connectivity index (χ4v) is 2.08. The van der Waals surface area contributed by atoms with Crippen LogP contribution >= 0.6 is 0 Å². The Bertz CT molecular complexity index is 473. The van der Waals surface area contributed by atoms with E-state index in [2.05, 4.69) is 5.10 Å². The van der Waals surface area contributed by atoms with Crippen molar-refractivity contribution in [3.8, 4) is 0 Å². The fourth-order valence-electron chi connectivity index (χ4n) is 2.08. The van der Waals surface area contributed by atoms with E-state index >= 15 is 0 Å². The summed E-state index contributed by atoms with van der Waals surface area (Å²) in [5.74, 6) is 0.920. The Balaban J connectivity index is 2.20. The summed E-state index contributed by atoms with van der Waals surface area (Å²) in [5.41, 5.74) is -0.128. The monoisotopic (exact) mass is 237 g/mol. The zero-order chi connectivity index (χ0) is 12.4. The van der Waals surface area contributed by atoms with E-state index in [1.54, 1.807) is 4.57 Å². The highest BCUT2D eigenvalue weighted by molar-refractivity contribution is 5.80. The van der Waals surface area contributed by atoms with Gasteiger partial charge >= 0.3 is 5.69 Å². The predicted octanol–water partition coefficient (Wildman–Crippen LogP) is 0.996. The lowest BCUT2D eigenvalue weighted by Crippen LogP contribution is -2.30. The number of carbonyl (C=O) groups excluding carboxylic acids is 1. The van der Waals surface area contributed by atoms with Crippen molar-refractivity contribution < 1.29 is 4.79 Å². The number of ketones is 1. The molecular formula is C12H19N3O2. The molecule has 1 aromatic heterocycles. The molecule has 0 aliphatic carbocycles. The lowest BCUT2D eigenvalue weighted by atomic mass is 10.0. The molecule has 0 N–H and O–H groups in total. The van der Waals surface area contributed by atoms with Gasteiger partial charge in [-0.2, -0.15) is 5.10 Å². The second-order valence-electron chi connectivity index (χ2n) is 4.74. The molecule has 0 spiro atoms. The van der Waals surface area contributed by atoms with Crippen molar-refractivity contribution in [2.75, 3.05) is 0 Å². The van der Waals surface area contributed by atoms with Crippen LogP contribution in [0.25, 0.3) is 0 Å². The van der Waals surface area contributed by atoms with Crippen LogP contribution in [0.3, 0.4) is 0 Å². The largest absolute Gasteiger partial charge is 0.346 e. The third-order valence-corrected chi connectivity index (χ3v) is 3.50. The molecule has 94 valence electrons. The van der Waals surface area contributed by atoms with Gasteiger partial charge in [0.15, 0.2) is 5.78 Å². The minimum Gasteiger partial charge on any atom is -0.297 e. The fraction of sp³-hybridized carbons (Fsp3) is 0.750. The van der Waals surface area contributed by atoms with E-state index in [0.29, 0.717) is 0 Å². The van der Waals surface area contributed by atoms with Crippen molar-refractivity contribution in [3.63, 3.8) is 0 Å². The molecule has 17 heavy (non-hydrogen) atoms. The minimum atomic E-state index is -0.128. The lowest BCUT2D eigenvalue weighted by Gasteiger charge is -2.09. The molecule has 2 heterocycles. The zero-order valence-electron chi connectivity index (χ0n) is 10.5. The van der Waals surface area contributed by atoms with Crippen molar-refractivity contribution in [3.05, 3.63) is 16.3 Å². The Morgan fingerprint density at radius 1 is 1.47 bits per heavy atom. The number of fused-ring (bicyclic) bond motifs is 1. The summed E-state index contributed by atoms with van der Waals surface area (Å²) in [7, 11) is 0. The van der Waals surface area contributed by atoms with Crippen LogP contribution in [0.4, 0.5) is 0 Å². The predicted molar refractivity (Wildman–Crippen MR) is 63.9 cm³/mol. The van der Waals surface area contributed by atoms with Crippen LogP contribution in [-0.4, -0.2) is 20.1 Å². The van der Waals surface area contributed by atoms with Gasteiger partial charge in [-0.3, -0.25) is 9.36 Å². The Morgan fingerprint density at radius 2 is 2.24 bits per heavy atom. The highest BCUT2D eigenvalue weighted by Crippen LogP contribution is 2.10. The smallest absolute Gasteiger partial charge is 0.297 e. The van der Waals surface area contributed by atoms with E-state index in [0.717, 1.165) is 38.1 Å². The summed E-state index contributed by atoms with van der Waals surface area (Å²) >= 11 is 0. The molecule has 2 rings (SSSR count). The van der Waals surface area contributed by atoms with Gasteiger partial charge in [-0.25, -0.2) is 9.48 Å². The van der Waals surface area contributed by atoms with Crippen LogP contribution in [-0.2, 0) is 24.3 Å². The highest BCUT2D eigenvalue weighted by atomic mass is 16.2. The summed E-state index contributed by atoms with van der Waals surface area (Å²) in [6.07, 6.45) is 3.76. The van der Waals surface area contributed by atoms with E-state index < -0.39 is 0 Å². The van der Waals surface area contributed by atoms with Crippen molar-refractivity contribution in [1.29, 1.82) is 0 Å². The zero-order valence-corrected chi connectivity index (χ0v) is 10.5. The summed E-state index contributed by atoms with van der Waals surface area (Å²) in [5, 5.41) is 4.25. The molecule has 1 unspecified atom stereocenters. The number of Topliss-reactive ketones (excluding diaryl/α,β-unsaturated/α-hetero) is 1. The number of aromatic nitrogens is 3. The molecule has 5 nitrogen and oxygen atoms in total. The van der Waals surface area contributed by atoms with Gasteiger partial charge in [0.25, 0.3) is 0 Å². The number of hydrogen-bond donors (Lipinski definition) is 0. The first-order valence-corrected chi connectivity index (χ1v) is 6.32. The van der Waals surface area contributed by atoms with Crippen molar-refractivity contribution in [1.82, 2.24) is 14.3 Å². The van der Waals surface area contributed by atoms with Gasteiger partial charge in [-0.1, -0.05) is 13.8 Å². The molecule has 0 radical (unpaired) electrons. The number of carbonyl (C=O) groups is 1. The van der Waals surface area contributed by atoms with Gasteiger partial charge < -0.3 is 0 Å². The maximum Gasteiger partial charge on any atom is 0.346 e. The normalized spacial score (nSPS) is 16.6. The number of rotatable bonds is 4. The average molecular weight is 237 g/mol. The van der Waals surface area contributed by atoms with E-state index in [-0.39, 0.29) is 23.9 Å². The number of nitrogens with zero attached hydrogens (tertiary/aromatic N) is 3. The second kappa shape index (κ2) is 4.85. The van der Waals surface area contributed by atoms with Gasteiger partial charge in [-0.15, -0.1) is 0 Å². The van der Waals surface area contributed by atoms with Gasteiger partial charge in [-0.05, 0) is 19.3 Å². The Hall–Kier alpha value is -1.39. The highest BCUT2D eigenvalue weighted by Gasteiger charge is 2.19. The van der Waals surface area contributed by atoms with Crippen LogP contribution in [0, 0.1) is 5.92 Å². The second-order valence-corrected chi connectivity index (χ2v) is 4.74. The molecule has 5 heteroatoms. The minimum absolute atomic E-state index is 0.000582. The van der Waals surface area contributed by atoms with E-state index in [4.69, 9.17) is 0 Å². The van der Waals surface area contributed by atoms with E-state index in [1.807, 2.05) is 13.8 Å². The Labute approximate surface area is 100 Å². The van der Waals surface area contributed by atoms with Crippen LogP contribution in [0.15, 0.2) is 4.79 Å².